The first-order valence-electron chi connectivity index (χ1n) is 13.4. The first-order chi connectivity index (χ1) is 20.1. The number of aliphatic hydroxyl groups excluding tert-OH is 4. The monoisotopic (exact) mass is 606 g/mol. The molecule has 0 amide bonds. The number of anilines is 1. The van der Waals surface area contributed by atoms with Crippen LogP contribution in [-0.2, 0) is 25.5 Å². The number of allylic oxidation sites excluding steroid dienone is 1. The van der Waals surface area contributed by atoms with Crippen molar-refractivity contribution >= 4 is 29.3 Å². The van der Waals surface area contributed by atoms with Gasteiger partial charge in [-0.25, -0.2) is 14.4 Å². The van der Waals surface area contributed by atoms with Gasteiger partial charge in [0.1, 0.15) is 41.8 Å². The van der Waals surface area contributed by atoms with E-state index in [0.717, 1.165) is 0 Å². The molecule has 4 rings (SSSR count). The molecule has 15 nitrogen and oxygen atoms in total. The summed E-state index contributed by atoms with van der Waals surface area (Å²) >= 11 is 0. The molecule has 3 aliphatic rings. The quantitative estimate of drug-likeness (QED) is 0.191. The Labute approximate surface area is 245 Å². The summed E-state index contributed by atoms with van der Waals surface area (Å²) in [5.41, 5.74) is -0.00982. The number of aliphatic imine (C=N–C) groups is 1. The fourth-order valence-electron chi connectivity index (χ4n) is 4.91. The molecule has 1 aromatic rings. The van der Waals surface area contributed by atoms with Crippen molar-refractivity contribution in [1.82, 2.24) is 0 Å². The topological polar surface area (TPSA) is 236 Å². The third kappa shape index (κ3) is 6.97. The van der Waals surface area contributed by atoms with Gasteiger partial charge in [0.05, 0.1) is 6.61 Å². The lowest BCUT2D eigenvalue weighted by Crippen LogP contribution is -2.60. The van der Waals surface area contributed by atoms with Gasteiger partial charge in [-0.15, -0.1) is 0 Å². The molecule has 1 aromatic carbocycles. The van der Waals surface area contributed by atoms with E-state index >= 15 is 0 Å². The second-order valence-corrected chi connectivity index (χ2v) is 11.3. The molecule has 0 bridgehead atoms. The summed E-state index contributed by atoms with van der Waals surface area (Å²) < 4.78 is 17.4. The number of aliphatic hydroxyl groups is 4. The summed E-state index contributed by atoms with van der Waals surface area (Å²) in [7, 11) is 0. The number of carboxylic acids is 3. The number of nitrogens with zero attached hydrogens (tertiary/aromatic N) is 2. The van der Waals surface area contributed by atoms with Gasteiger partial charge >= 0.3 is 17.9 Å². The van der Waals surface area contributed by atoms with Crippen molar-refractivity contribution in [2.24, 2.45) is 4.99 Å². The highest BCUT2D eigenvalue weighted by Crippen LogP contribution is 2.43. The highest BCUT2D eigenvalue weighted by Gasteiger charge is 2.45. The number of benzene rings is 1. The molecule has 43 heavy (non-hydrogen) atoms. The number of aliphatic carboxylic acids is 3. The molecule has 0 spiro atoms. The van der Waals surface area contributed by atoms with Gasteiger partial charge in [-0.1, -0.05) is 0 Å². The molecular weight excluding hydrogens is 572 g/mol. The SMILES string of the molecule is CC(C)(C)Oc1cc2c(cc1O[C@@H]1O[C@H](CO)[C@@H](O)[C@H](O)[C@H]1O)C[C@@H](C(=O)O)N2/C=C/C1=CC(C(=O)O)=N[C@H](C(=O)O)C1. The molecule has 234 valence electrons. The molecule has 3 aliphatic heterocycles. The first-order valence-corrected chi connectivity index (χ1v) is 13.4. The summed E-state index contributed by atoms with van der Waals surface area (Å²) in [4.78, 5) is 40.4. The van der Waals surface area contributed by atoms with E-state index < -0.39 is 78.6 Å². The maximum Gasteiger partial charge on any atom is 0.354 e. The molecule has 0 saturated carbocycles. The number of dihydropyridines is 1. The highest BCUT2D eigenvalue weighted by atomic mass is 16.7. The van der Waals surface area contributed by atoms with Crippen molar-refractivity contribution in [1.29, 1.82) is 0 Å². The van der Waals surface area contributed by atoms with Gasteiger partial charge in [-0.2, -0.15) is 0 Å². The molecule has 7 N–H and O–H groups in total. The summed E-state index contributed by atoms with van der Waals surface area (Å²) in [6.07, 6.45) is -3.76. The summed E-state index contributed by atoms with van der Waals surface area (Å²) in [5, 5.41) is 69.1. The minimum Gasteiger partial charge on any atom is -0.484 e. The molecule has 3 heterocycles. The van der Waals surface area contributed by atoms with Gasteiger partial charge in [0, 0.05) is 30.8 Å². The van der Waals surface area contributed by atoms with Gasteiger partial charge in [0.15, 0.2) is 17.5 Å². The Hall–Kier alpha value is -4.02. The van der Waals surface area contributed by atoms with Crippen molar-refractivity contribution in [2.75, 3.05) is 11.5 Å². The average molecular weight is 607 g/mol. The zero-order valence-electron chi connectivity index (χ0n) is 23.5. The zero-order valence-corrected chi connectivity index (χ0v) is 23.5. The van der Waals surface area contributed by atoms with E-state index in [1.807, 2.05) is 0 Å². The van der Waals surface area contributed by atoms with E-state index in [1.165, 1.54) is 35.4 Å². The largest absolute Gasteiger partial charge is 0.484 e. The maximum atomic E-state index is 12.3. The smallest absolute Gasteiger partial charge is 0.354 e. The zero-order chi connectivity index (χ0) is 31.8. The Morgan fingerprint density at radius 1 is 1.02 bits per heavy atom. The van der Waals surface area contributed by atoms with Crippen LogP contribution in [0.5, 0.6) is 11.5 Å². The number of carbonyl (C=O) groups is 3. The van der Waals surface area contributed by atoms with Crippen LogP contribution in [-0.4, -0.2) is 114 Å². The van der Waals surface area contributed by atoms with E-state index in [-0.39, 0.29) is 24.3 Å². The Morgan fingerprint density at radius 3 is 2.30 bits per heavy atom. The number of ether oxygens (including phenoxy) is 3. The van der Waals surface area contributed by atoms with Crippen LogP contribution in [0.1, 0.15) is 32.8 Å². The van der Waals surface area contributed by atoms with Gasteiger partial charge in [-0.05, 0) is 50.1 Å². The number of hydrogen-bond acceptors (Lipinski definition) is 12. The van der Waals surface area contributed by atoms with Crippen molar-refractivity contribution in [2.45, 2.75) is 82.0 Å². The van der Waals surface area contributed by atoms with Crippen molar-refractivity contribution in [3.05, 3.63) is 41.6 Å². The number of rotatable bonds is 9. The fraction of sp³-hybridized carbons (Fsp3) is 0.500. The number of hydrogen-bond donors (Lipinski definition) is 7. The number of carboxylic acid groups (broad SMARTS) is 3. The molecule has 1 fully saturated rings. The van der Waals surface area contributed by atoms with Crippen LogP contribution in [0.3, 0.4) is 0 Å². The second-order valence-electron chi connectivity index (χ2n) is 11.3. The Balaban J connectivity index is 1.71. The Morgan fingerprint density at radius 2 is 1.72 bits per heavy atom. The molecule has 0 radical (unpaired) electrons. The van der Waals surface area contributed by atoms with E-state index in [2.05, 4.69) is 4.99 Å². The lowest BCUT2D eigenvalue weighted by atomic mass is 9.99. The Bertz CT molecular complexity index is 1360. The lowest BCUT2D eigenvalue weighted by molar-refractivity contribution is -0.277. The first kappa shape index (κ1) is 31.9. The summed E-state index contributed by atoms with van der Waals surface area (Å²) in [5.74, 6) is -3.72. The van der Waals surface area contributed by atoms with E-state index in [0.29, 0.717) is 16.8 Å². The molecule has 0 aliphatic carbocycles. The fourth-order valence-corrected chi connectivity index (χ4v) is 4.91. The summed E-state index contributed by atoms with van der Waals surface area (Å²) in [6.45, 7) is 4.61. The van der Waals surface area contributed by atoms with E-state index in [1.54, 1.807) is 20.8 Å². The van der Waals surface area contributed by atoms with Crippen LogP contribution in [0.25, 0.3) is 0 Å². The maximum absolute atomic E-state index is 12.3. The van der Waals surface area contributed by atoms with Crippen molar-refractivity contribution in [3.8, 4) is 11.5 Å². The molecular formula is C28H34N2O13. The van der Waals surface area contributed by atoms with Crippen LogP contribution in [0, 0.1) is 0 Å². The predicted molar refractivity (Wildman–Crippen MR) is 147 cm³/mol. The third-order valence-electron chi connectivity index (χ3n) is 6.96. The molecule has 0 unspecified atom stereocenters. The van der Waals surface area contributed by atoms with Crippen molar-refractivity contribution in [3.63, 3.8) is 0 Å². The lowest BCUT2D eigenvalue weighted by Gasteiger charge is -2.39. The Kier molecular flexibility index (Phi) is 9.13. The van der Waals surface area contributed by atoms with Crippen LogP contribution < -0.4 is 14.4 Å². The standard InChI is InChI=1S/C28H34N2O13/c1-28(2,3)43-19-10-16-13(9-18(19)41-27-23(34)22(33)21(32)20(11-31)42-27)8-17(26(39)40)30(16)5-4-12-6-14(24(35)36)29-15(7-12)25(37)38/h4-6,9-10,15,17,20-23,27,31-34H,7-8,11H2,1-3H3,(H,35,36)(H,37,38)(H,39,40)/b5-4+/t15-,17-,20+,21+,22-,23+,27+/m0/s1. The number of fused-ring (bicyclic) bond motifs is 1. The average Bonchev–Trinajstić information content (AvgIpc) is 3.28. The van der Waals surface area contributed by atoms with E-state index in [4.69, 9.17) is 14.2 Å². The van der Waals surface area contributed by atoms with Gasteiger partial charge in [0.25, 0.3) is 0 Å². The van der Waals surface area contributed by atoms with Gasteiger partial charge in [0.2, 0.25) is 6.29 Å². The van der Waals surface area contributed by atoms with E-state index in [9.17, 15) is 50.1 Å². The molecule has 7 atom stereocenters. The van der Waals surface area contributed by atoms with Crippen LogP contribution in [0.4, 0.5) is 5.69 Å². The normalized spacial score (nSPS) is 29.1. The summed E-state index contributed by atoms with van der Waals surface area (Å²) in [6, 6.07) is 0.596. The van der Waals surface area contributed by atoms with Crippen molar-refractivity contribution < 1.29 is 64.3 Å². The third-order valence-corrected chi connectivity index (χ3v) is 6.96. The molecule has 0 aromatic heterocycles. The van der Waals surface area contributed by atoms with Crippen LogP contribution >= 0.6 is 0 Å². The van der Waals surface area contributed by atoms with Gasteiger partial charge < -0.3 is 54.9 Å². The molecule has 15 heteroatoms. The second kappa shape index (κ2) is 12.3. The molecule has 1 saturated heterocycles. The predicted octanol–water partition coefficient (Wildman–Crippen LogP) is -0.319. The minimum atomic E-state index is -1.70. The van der Waals surface area contributed by atoms with Crippen LogP contribution in [0.15, 0.2) is 41.1 Å². The van der Waals surface area contributed by atoms with Crippen LogP contribution in [0.2, 0.25) is 0 Å². The minimum absolute atomic E-state index is 0.00548. The highest BCUT2D eigenvalue weighted by molar-refractivity contribution is 6.41. The van der Waals surface area contributed by atoms with Gasteiger partial charge in [-0.3, -0.25) is 4.99 Å².